The van der Waals surface area contributed by atoms with E-state index in [0.29, 0.717) is 16.6 Å². The normalized spacial score (nSPS) is 10.2. The van der Waals surface area contributed by atoms with E-state index < -0.39 is 5.97 Å². The van der Waals surface area contributed by atoms with Gasteiger partial charge < -0.3 is 5.11 Å². The average molecular weight is 216 g/mol. The number of nitriles is 1. The number of aromatic nitrogens is 3. The van der Waals surface area contributed by atoms with Crippen molar-refractivity contribution in [1.82, 2.24) is 15.0 Å². The van der Waals surface area contributed by atoms with E-state index in [9.17, 15) is 4.79 Å². The minimum absolute atomic E-state index is 0.0406. The quantitative estimate of drug-likeness (QED) is 0.810. The Balaban J connectivity index is 2.38. The predicted molar refractivity (Wildman–Crippen MR) is 54.5 cm³/mol. The maximum atomic E-state index is 10.5. The van der Waals surface area contributed by atoms with Gasteiger partial charge in [-0.1, -0.05) is 6.07 Å². The first-order chi connectivity index (χ1) is 7.69. The summed E-state index contributed by atoms with van der Waals surface area (Å²) < 4.78 is 0. The maximum absolute atomic E-state index is 10.5. The van der Waals surface area contributed by atoms with Crippen molar-refractivity contribution in [2.75, 3.05) is 0 Å². The van der Waals surface area contributed by atoms with Gasteiger partial charge in [0.25, 0.3) is 0 Å². The molecule has 0 saturated heterocycles. The molecule has 0 saturated carbocycles. The Bertz CT molecular complexity index is 582. The maximum Gasteiger partial charge on any atom is 0.307 e. The molecule has 2 rings (SSSR count). The van der Waals surface area contributed by atoms with Crippen LogP contribution in [0.5, 0.6) is 0 Å². The third kappa shape index (κ3) is 1.98. The van der Waals surface area contributed by atoms with Gasteiger partial charge in [-0.25, -0.2) is 0 Å². The zero-order valence-electron chi connectivity index (χ0n) is 8.29. The second kappa shape index (κ2) is 3.98. The van der Waals surface area contributed by atoms with Crippen molar-refractivity contribution >= 4 is 17.0 Å². The Morgan fingerprint density at radius 3 is 2.88 bits per heavy atom. The topological polar surface area (TPSA) is 91.8 Å². The summed E-state index contributed by atoms with van der Waals surface area (Å²) in [6.45, 7) is 0.0863. The molecule has 6 nitrogen and oxygen atoms in total. The van der Waals surface area contributed by atoms with E-state index >= 15 is 0 Å². The van der Waals surface area contributed by atoms with Crippen LogP contribution in [0.1, 0.15) is 5.56 Å². The van der Waals surface area contributed by atoms with Gasteiger partial charge in [0.2, 0.25) is 0 Å². The Morgan fingerprint density at radius 2 is 2.19 bits per heavy atom. The first-order valence-corrected chi connectivity index (χ1v) is 4.61. The Labute approximate surface area is 90.7 Å². The van der Waals surface area contributed by atoms with Gasteiger partial charge in [-0.3, -0.25) is 4.79 Å². The lowest BCUT2D eigenvalue weighted by Gasteiger charge is -1.94. The number of fused-ring (bicyclic) bond motifs is 1. The molecule has 0 amide bonds. The van der Waals surface area contributed by atoms with Crippen molar-refractivity contribution in [2.24, 2.45) is 0 Å². The largest absolute Gasteiger partial charge is 0.481 e. The van der Waals surface area contributed by atoms with Gasteiger partial charge in [-0.05, 0) is 17.7 Å². The fraction of sp³-hybridized carbons (Fsp3) is 0.200. The molecule has 80 valence electrons. The second-order valence-corrected chi connectivity index (χ2v) is 3.28. The van der Waals surface area contributed by atoms with Crippen LogP contribution < -0.4 is 0 Å². The Morgan fingerprint density at radius 1 is 1.44 bits per heavy atom. The Kier molecular flexibility index (Phi) is 2.52. The molecule has 0 atom stereocenters. The molecule has 0 unspecified atom stereocenters. The van der Waals surface area contributed by atoms with E-state index in [1.54, 1.807) is 18.2 Å². The fourth-order valence-corrected chi connectivity index (χ4v) is 1.42. The van der Waals surface area contributed by atoms with Gasteiger partial charge in [0, 0.05) is 0 Å². The highest BCUT2D eigenvalue weighted by molar-refractivity contribution is 5.77. The van der Waals surface area contributed by atoms with Gasteiger partial charge in [0.15, 0.2) is 0 Å². The average Bonchev–Trinajstić information content (AvgIpc) is 2.59. The van der Waals surface area contributed by atoms with Crippen LogP contribution in [0.15, 0.2) is 18.2 Å². The van der Waals surface area contributed by atoms with Crippen LogP contribution in [0.3, 0.4) is 0 Å². The third-order valence-electron chi connectivity index (χ3n) is 2.05. The van der Waals surface area contributed by atoms with Crippen molar-refractivity contribution in [3.05, 3.63) is 23.8 Å². The second-order valence-electron chi connectivity index (χ2n) is 3.28. The molecule has 0 aliphatic carbocycles. The number of carboxylic acid groups (broad SMARTS) is 1. The van der Waals surface area contributed by atoms with Crippen LogP contribution in [-0.4, -0.2) is 26.1 Å². The smallest absolute Gasteiger partial charge is 0.307 e. The molecule has 6 heteroatoms. The van der Waals surface area contributed by atoms with Crippen molar-refractivity contribution in [1.29, 1.82) is 5.26 Å². The Hall–Kier alpha value is -2.42. The summed E-state index contributed by atoms with van der Waals surface area (Å²) in [7, 11) is 0. The molecule has 1 N–H and O–H groups in total. The summed E-state index contributed by atoms with van der Waals surface area (Å²) in [5, 5.41) is 25.3. The lowest BCUT2D eigenvalue weighted by atomic mass is 10.1. The summed E-state index contributed by atoms with van der Waals surface area (Å²) in [5.74, 6) is -0.885. The number of carboxylic acids is 1. The van der Waals surface area contributed by atoms with Gasteiger partial charge in [0.1, 0.15) is 17.6 Å². The SMILES string of the molecule is N#CCn1nc2ccc(CC(=O)O)cc2n1. The minimum atomic E-state index is -0.885. The molecule has 16 heavy (non-hydrogen) atoms. The van der Waals surface area contributed by atoms with Crippen molar-refractivity contribution in [3.8, 4) is 6.07 Å². The van der Waals surface area contributed by atoms with Crippen LogP contribution in [0.25, 0.3) is 11.0 Å². The first kappa shape index (κ1) is 10.1. The number of nitrogens with zero attached hydrogens (tertiary/aromatic N) is 4. The van der Waals surface area contributed by atoms with Crippen LogP contribution in [-0.2, 0) is 17.8 Å². The van der Waals surface area contributed by atoms with Crippen molar-refractivity contribution < 1.29 is 9.90 Å². The summed E-state index contributed by atoms with van der Waals surface area (Å²) in [6, 6.07) is 7.01. The molecule has 2 aromatic rings. The van der Waals surface area contributed by atoms with Gasteiger partial charge >= 0.3 is 5.97 Å². The van der Waals surface area contributed by atoms with Crippen LogP contribution in [0, 0.1) is 11.3 Å². The summed E-state index contributed by atoms with van der Waals surface area (Å²) >= 11 is 0. The molecule has 0 aliphatic heterocycles. The highest BCUT2D eigenvalue weighted by Crippen LogP contribution is 2.12. The minimum Gasteiger partial charge on any atom is -0.481 e. The monoisotopic (exact) mass is 216 g/mol. The van der Waals surface area contributed by atoms with Crippen molar-refractivity contribution in [3.63, 3.8) is 0 Å². The van der Waals surface area contributed by atoms with E-state index in [1.165, 1.54) is 4.80 Å². The van der Waals surface area contributed by atoms with Gasteiger partial charge in [-0.15, -0.1) is 0 Å². The third-order valence-corrected chi connectivity index (χ3v) is 2.05. The molecular formula is C10H8N4O2. The number of aliphatic carboxylic acids is 1. The highest BCUT2D eigenvalue weighted by atomic mass is 16.4. The lowest BCUT2D eigenvalue weighted by molar-refractivity contribution is -0.136. The highest BCUT2D eigenvalue weighted by Gasteiger charge is 2.05. The predicted octanol–water partition coefficient (Wildman–Crippen LogP) is 0.582. The fourth-order valence-electron chi connectivity index (χ4n) is 1.42. The van der Waals surface area contributed by atoms with Gasteiger partial charge in [-0.2, -0.15) is 20.3 Å². The standard InChI is InChI=1S/C10H8N4O2/c11-3-4-14-12-8-2-1-7(6-10(15)16)5-9(8)13-14/h1-2,5H,4,6H2,(H,15,16). The summed E-state index contributed by atoms with van der Waals surface area (Å²) in [5.41, 5.74) is 1.93. The molecule has 0 radical (unpaired) electrons. The molecular weight excluding hydrogens is 208 g/mol. The van der Waals surface area contributed by atoms with Crippen LogP contribution >= 0.6 is 0 Å². The molecule has 1 aromatic carbocycles. The molecule has 0 spiro atoms. The molecule has 0 aliphatic rings. The number of rotatable bonds is 3. The van der Waals surface area contributed by atoms with E-state index in [2.05, 4.69) is 10.2 Å². The first-order valence-electron chi connectivity index (χ1n) is 4.61. The van der Waals surface area contributed by atoms with E-state index in [4.69, 9.17) is 10.4 Å². The molecule has 0 bridgehead atoms. The molecule has 1 aromatic heterocycles. The molecule has 0 fully saturated rings. The van der Waals surface area contributed by atoms with E-state index in [-0.39, 0.29) is 13.0 Å². The van der Waals surface area contributed by atoms with E-state index in [0.717, 1.165) is 0 Å². The number of hydrogen-bond donors (Lipinski definition) is 1. The van der Waals surface area contributed by atoms with E-state index in [1.807, 2.05) is 6.07 Å². The number of benzene rings is 1. The summed E-state index contributed by atoms with van der Waals surface area (Å²) in [4.78, 5) is 11.8. The number of hydrogen-bond acceptors (Lipinski definition) is 4. The van der Waals surface area contributed by atoms with Gasteiger partial charge in [0.05, 0.1) is 12.5 Å². The van der Waals surface area contributed by atoms with Crippen LogP contribution in [0.4, 0.5) is 0 Å². The van der Waals surface area contributed by atoms with Crippen LogP contribution in [0.2, 0.25) is 0 Å². The zero-order valence-corrected chi connectivity index (χ0v) is 8.29. The molecule has 1 heterocycles. The number of carbonyl (C=O) groups is 1. The summed E-state index contributed by atoms with van der Waals surface area (Å²) in [6.07, 6.45) is -0.0406. The zero-order chi connectivity index (χ0) is 11.5. The lowest BCUT2D eigenvalue weighted by Crippen LogP contribution is -1.99. The van der Waals surface area contributed by atoms with Crippen molar-refractivity contribution in [2.45, 2.75) is 13.0 Å².